The zero-order chi connectivity index (χ0) is 51.5. The number of aliphatic hydroxyl groups is 9. The second-order valence-corrected chi connectivity index (χ2v) is 19.3. The molecule has 22 unspecified atom stereocenters. The Morgan fingerprint density at radius 2 is 1.33 bits per heavy atom. The van der Waals surface area contributed by atoms with Crippen LogP contribution in [0.1, 0.15) is 73.3 Å². The van der Waals surface area contributed by atoms with E-state index in [0.717, 1.165) is 24.5 Å². The van der Waals surface area contributed by atoms with Crippen LogP contribution in [-0.4, -0.2) is 199 Å². The van der Waals surface area contributed by atoms with Crippen LogP contribution in [0, 0.1) is 5.92 Å². The van der Waals surface area contributed by atoms with E-state index in [-0.39, 0.29) is 17.4 Å². The first kappa shape index (κ1) is 55.9. The largest absolute Gasteiger partial charge is 0.504 e. The van der Waals surface area contributed by atoms with Gasteiger partial charge in [0.1, 0.15) is 73.2 Å². The number of carbonyl (C=O) groups excluding carboxylic acids is 1. The van der Waals surface area contributed by atoms with E-state index in [1.54, 1.807) is 13.0 Å². The summed E-state index contributed by atoms with van der Waals surface area (Å²) in [5, 5.41) is 109. The van der Waals surface area contributed by atoms with E-state index in [9.17, 15) is 55.9 Å². The van der Waals surface area contributed by atoms with Crippen LogP contribution in [0.4, 0.5) is 0 Å². The van der Waals surface area contributed by atoms with Gasteiger partial charge in [-0.05, 0) is 91.5 Å². The van der Waals surface area contributed by atoms with Crippen molar-refractivity contribution in [2.45, 2.75) is 196 Å². The van der Waals surface area contributed by atoms with Gasteiger partial charge in [-0.1, -0.05) is 34.9 Å². The van der Waals surface area contributed by atoms with Crippen molar-refractivity contribution in [3.8, 4) is 11.5 Å². The Hall–Kier alpha value is -3.43. The van der Waals surface area contributed by atoms with E-state index in [1.807, 2.05) is 20.8 Å². The van der Waals surface area contributed by atoms with Crippen LogP contribution in [0.15, 0.2) is 59.7 Å². The second-order valence-electron chi connectivity index (χ2n) is 19.3. The van der Waals surface area contributed by atoms with E-state index in [0.29, 0.717) is 12.0 Å². The third-order valence-corrected chi connectivity index (χ3v) is 13.7. The van der Waals surface area contributed by atoms with Crippen LogP contribution in [0.5, 0.6) is 11.5 Å². The molecule has 70 heavy (non-hydrogen) atoms. The molecule has 0 bridgehead atoms. The Bertz CT molecular complexity index is 2020. The lowest BCUT2D eigenvalue weighted by atomic mass is 9.78. The van der Waals surface area contributed by atoms with Crippen LogP contribution in [0.2, 0.25) is 0 Å². The molecule has 1 aromatic carbocycles. The molecule has 5 aliphatic rings. The van der Waals surface area contributed by atoms with Crippen molar-refractivity contribution in [1.82, 2.24) is 0 Å². The number of ether oxygens (including phenoxy) is 10. The molecular weight excluding hydrogens is 925 g/mol. The molecule has 1 aliphatic carbocycles. The molecule has 0 spiro atoms. The number of phenols is 1. The van der Waals surface area contributed by atoms with Gasteiger partial charge in [-0.2, -0.15) is 0 Å². The highest BCUT2D eigenvalue weighted by Gasteiger charge is 2.54. The van der Waals surface area contributed by atoms with Crippen molar-refractivity contribution in [2.24, 2.45) is 5.92 Å². The summed E-state index contributed by atoms with van der Waals surface area (Å²) in [6, 6.07) is 4.41. The molecule has 4 aliphatic heterocycles. The van der Waals surface area contributed by atoms with E-state index in [4.69, 9.17) is 47.4 Å². The quantitative estimate of drug-likeness (QED) is 0.0608. The van der Waals surface area contributed by atoms with Crippen molar-refractivity contribution in [3.63, 3.8) is 0 Å². The molecule has 6 rings (SSSR count). The molecule has 0 amide bonds. The maximum atomic E-state index is 12.8. The normalized spacial score (nSPS) is 41.4. The van der Waals surface area contributed by atoms with Gasteiger partial charge in [-0.3, -0.25) is 0 Å². The van der Waals surface area contributed by atoms with Gasteiger partial charge >= 0.3 is 5.97 Å². The molecule has 4 fully saturated rings. The van der Waals surface area contributed by atoms with Crippen LogP contribution in [0.25, 0.3) is 6.08 Å². The topological polar surface area (TPSA) is 312 Å². The van der Waals surface area contributed by atoms with E-state index in [2.05, 4.69) is 12.7 Å². The van der Waals surface area contributed by atoms with Crippen LogP contribution in [0.3, 0.4) is 0 Å². The minimum absolute atomic E-state index is 0.0735. The van der Waals surface area contributed by atoms with E-state index < -0.39 is 141 Å². The smallest absolute Gasteiger partial charge is 0.331 e. The molecule has 21 nitrogen and oxygen atoms in total. The molecule has 21 heteroatoms. The summed E-state index contributed by atoms with van der Waals surface area (Å²) in [7, 11) is 1.37. The zero-order valence-corrected chi connectivity index (χ0v) is 40.7. The molecule has 4 saturated heterocycles. The fraction of sp³-hybridized carbons (Fsp3) is 0.694. The summed E-state index contributed by atoms with van der Waals surface area (Å²) in [6.45, 7) is 15.8. The number of rotatable bonds is 16. The minimum atomic E-state index is -1.89. The zero-order valence-electron chi connectivity index (χ0n) is 40.7. The van der Waals surface area contributed by atoms with Crippen LogP contribution >= 0.6 is 0 Å². The number of aromatic hydroxyl groups is 1. The van der Waals surface area contributed by atoms with Gasteiger partial charge in [0.2, 0.25) is 0 Å². The van der Waals surface area contributed by atoms with E-state index >= 15 is 0 Å². The predicted octanol–water partition coefficient (Wildman–Crippen LogP) is 0.364. The SMILES string of the molecule is C=CC(C)(CC1C=C(C)CCC1=C(C)C)OC1OC(COC2OC(C)C(OC(=O)/C=C\c3ccc(O)c(OC)c3)C(O)C2O)C(O)C(O)C1OC1OC(C)C(OC2OC(C)C(O)C(O)C2O)C(O)C1O. The summed E-state index contributed by atoms with van der Waals surface area (Å²) in [4.78, 5) is 12.8. The molecule has 0 radical (unpaired) electrons. The summed E-state index contributed by atoms with van der Waals surface area (Å²) in [6.07, 6.45) is -22.5. The minimum Gasteiger partial charge on any atom is -0.504 e. The number of hydrogen-bond donors (Lipinski definition) is 10. The van der Waals surface area contributed by atoms with Crippen molar-refractivity contribution in [3.05, 3.63) is 65.3 Å². The summed E-state index contributed by atoms with van der Waals surface area (Å²) in [5.41, 5.74) is 2.86. The molecule has 0 aromatic heterocycles. The molecule has 0 saturated carbocycles. The number of aliphatic hydroxyl groups excluding tert-OH is 9. The fourth-order valence-corrected chi connectivity index (χ4v) is 9.38. The molecule has 4 heterocycles. The summed E-state index contributed by atoms with van der Waals surface area (Å²) < 4.78 is 58.7. The first-order valence-electron chi connectivity index (χ1n) is 23.5. The summed E-state index contributed by atoms with van der Waals surface area (Å²) in [5.74, 6) is -0.859. The lowest BCUT2D eigenvalue weighted by Crippen LogP contribution is -2.66. The lowest BCUT2D eigenvalue weighted by molar-refractivity contribution is -0.388. The predicted molar refractivity (Wildman–Crippen MR) is 244 cm³/mol. The average molecular weight is 997 g/mol. The molecule has 1 aromatic rings. The van der Waals surface area contributed by atoms with Gasteiger partial charge in [0.05, 0.1) is 37.6 Å². The van der Waals surface area contributed by atoms with Crippen molar-refractivity contribution in [2.75, 3.05) is 13.7 Å². The number of hydrogen-bond acceptors (Lipinski definition) is 21. The van der Waals surface area contributed by atoms with Crippen molar-refractivity contribution >= 4 is 12.0 Å². The van der Waals surface area contributed by atoms with Crippen molar-refractivity contribution in [1.29, 1.82) is 0 Å². The van der Waals surface area contributed by atoms with Crippen molar-refractivity contribution < 1.29 is 103 Å². The van der Waals surface area contributed by atoms with Gasteiger partial charge in [0.25, 0.3) is 0 Å². The fourth-order valence-electron chi connectivity index (χ4n) is 9.38. The van der Waals surface area contributed by atoms with Gasteiger partial charge in [-0.15, -0.1) is 6.58 Å². The lowest BCUT2D eigenvalue weighted by Gasteiger charge is -2.49. The number of allylic oxidation sites excluding steroid dienone is 4. The maximum absolute atomic E-state index is 12.8. The van der Waals surface area contributed by atoms with Gasteiger partial charge in [-0.25, -0.2) is 4.79 Å². The van der Waals surface area contributed by atoms with E-state index in [1.165, 1.54) is 63.3 Å². The Labute approximate surface area is 407 Å². The molecule has 394 valence electrons. The third kappa shape index (κ3) is 12.7. The second kappa shape index (κ2) is 23.6. The Morgan fingerprint density at radius 1 is 0.743 bits per heavy atom. The van der Waals surface area contributed by atoms with Gasteiger partial charge < -0.3 is 98.4 Å². The highest BCUT2D eigenvalue weighted by atomic mass is 16.8. The maximum Gasteiger partial charge on any atom is 0.331 e. The van der Waals surface area contributed by atoms with Crippen LogP contribution < -0.4 is 4.74 Å². The Kier molecular flexibility index (Phi) is 18.9. The number of methoxy groups -OCH3 is 1. The first-order valence-corrected chi connectivity index (χ1v) is 23.5. The van der Waals surface area contributed by atoms with Crippen LogP contribution in [-0.2, 0) is 47.4 Å². The highest BCUT2D eigenvalue weighted by Crippen LogP contribution is 2.40. The molecule has 22 atom stereocenters. The Morgan fingerprint density at radius 3 is 1.99 bits per heavy atom. The third-order valence-electron chi connectivity index (χ3n) is 13.7. The molecule has 10 N–H and O–H groups in total. The number of phenolic OH excluding ortho intramolecular Hbond substituents is 1. The standard InChI is InChI=1S/C49H72O21/c1-10-49(8,19-27-17-22(4)11-14-28(27)21(2)3)70-48-44(69-47-41(60)38(57)43(25(7)65-47)68-46-39(58)35(54)33(52)23(5)63-46)36(55)34(53)31(66-48)20-62-45-40(59)37(56)42(24(6)64-45)67-32(51)16-13-26-12-15-29(50)30(18-26)61-9/h10,12-13,15-18,23-25,27,31,33-48,50,52-60H,1,11,14,19-20H2,2-9H3/b16-13-. The number of benzene rings is 1. The summed E-state index contributed by atoms with van der Waals surface area (Å²) >= 11 is 0. The average Bonchev–Trinajstić information content (AvgIpc) is 3.31. The monoisotopic (exact) mass is 996 g/mol. The number of esters is 1. The van der Waals surface area contributed by atoms with Gasteiger partial charge in [0.15, 0.2) is 42.8 Å². The number of carbonyl (C=O) groups is 1. The Balaban J connectivity index is 1.17. The molecular formula is C49H72O21. The first-order chi connectivity index (χ1) is 33.0. The van der Waals surface area contributed by atoms with Gasteiger partial charge in [0, 0.05) is 12.0 Å². The highest BCUT2D eigenvalue weighted by molar-refractivity contribution is 5.87.